The Balaban J connectivity index is 1.32. The van der Waals surface area contributed by atoms with Gasteiger partial charge in [-0.1, -0.05) is 24.3 Å². The third-order valence-corrected chi connectivity index (χ3v) is 4.96. The monoisotopic (exact) mass is 335 g/mol. The zero-order valence-corrected chi connectivity index (χ0v) is 14.0. The molecule has 1 saturated heterocycles. The number of anilines is 2. The molecule has 0 spiro atoms. The van der Waals surface area contributed by atoms with Crippen LogP contribution in [-0.2, 0) is 11.2 Å². The Kier molecular flexibility index (Phi) is 4.14. The van der Waals surface area contributed by atoms with Crippen LogP contribution in [0.2, 0.25) is 0 Å². The predicted molar refractivity (Wildman–Crippen MR) is 97.9 cm³/mol. The van der Waals surface area contributed by atoms with Crippen LogP contribution in [0.1, 0.15) is 22.3 Å². The average Bonchev–Trinajstić information content (AvgIpc) is 3.25. The molecule has 4 rings (SSSR count). The third-order valence-electron chi connectivity index (χ3n) is 4.96. The summed E-state index contributed by atoms with van der Waals surface area (Å²) in [6, 6.07) is 15.8. The molecular weight excluding hydrogens is 314 g/mol. The fraction of sp³-hybridized carbons (Fsp3) is 0.300. The molecule has 1 fully saturated rings. The highest BCUT2D eigenvalue weighted by Crippen LogP contribution is 2.25. The normalized spacial score (nSPS) is 18.8. The van der Waals surface area contributed by atoms with Crippen molar-refractivity contribution in [3.63, 3.8) is 0 Å². The molecule has 2 aromatic rings. The van der Waals surface area contributed by atoms with Gasteiger partial charge in [0.1, 0.15) is 0 Å². The van der Waals surface area contributed by atoms with E-state index in [9.17, 15) is 9.59 Å². The molecule has 0 bridgehead atoms. The van der Waals surface area contributed by atoms with Gasteiger partial charge in [-0.15, -0.1) is 0 Å². The number of benzene rings is 2. The maximum atomic E-state index is 12.4. The van der Waals surface area contributed by atoms with Gasteiger partial charge < -0.3 is 15.5 Å². The van der Waals surface area contributed by atoms with Gasteiger partial charge in [0, 0.05) is 36.6 Å². The maximum Gasteiger partial charge on any atom is 0.251 e. The van der Waals surface area contributed by atoms with Gasteiger partial charge in [0.2, 0.25) is 5.91 Å². The highest BCUT2D eigenvalue weighted by molar-refractivity contribution is 6.02. The smallest absolute Gasteiger partial charge is 0.251 e. The van der Waals surface area contributed by atoms with Crippen LogP contribution in [0.15, 0.2) is 48.5 Å². The quantitative estimate of drug-likeness (QED) is 0.902. The van der Waals surface area contributed by atoms with Crippen LogP contribution in [0.25, 0.3) is 0 Å². The lowest BCUT2D eigenvalue weighted by molar-refractivity contribution is -0.115. The Bertz CT molecular complexity index is 804. The Hall–Kier alpha value is -2.82. The molecular formula is C20H21N3O2. The van der Waals surface area contributed by atoms with Gasteiger partial charge in [-0.2, -0.15) is 0 Å². The van der Waals surface area contributed by atoms with Crippen LogP contribution >= 0.6 is 0 Å². The van der Waals surface area contributed by atoms with E-state index >= 15 is 0 Å². The summed E-state index contributed by atoms with van der Waals surface area (Å²) in [7, 11) is 0. The number of amides is 2. The van der Waals surface area contributed by atoms with Gasteiger partial charge >= 0.3 is 0 Å². The highest BCUT2D eigenvalue weighted by Gasteiger charge is 2.24. The minimum absolute atomic E-state index is 0.0143. The lowest BCUT2D eigenvalue weighted by Gasteiger charge is -2.18. The second kappa shape index (κ2) is 6.59. The maximum absolute atomic E-state index is 12.4. The number of hydrogen-bond acceptors (Lipinski definition) is 3. The van der Waals surface area contributed by atoms with Gasteiger partial charge in [-0.05, 0) is 42.2 Å². The van der Waals surface area contributed by atoms with E-state index in [-0.39, 0.29) is 11.8 Å². The summed E-state index contributed by atoms with van der Waals surface area (Å²) >= 11 is 0. The number of hydrogen-bond donors (Lipinski definition) is 2. The predicted octanol–water partition coefficient (Wildman–Crippen LogP) is 2.44. The van der Waals surface area contributed by atoms with Crippen molar-refractivity contribution < 1.29 is 9.59 Å². The van der Waals surface area contributed by atoms with Crippen molar-refractivity contribution in [1.29, 1.82) is 0 Å². The zero-order chi connectivity index (χ0) is 17.2. The number of carbonyl (C=O) groups is 2. The third kappa shape index (κ3) is 3.36. The zero-order valence-electron chi connectivity index (χ0n) is 14.0. The van der Waals surface area contributed by atoms with Crippen molar-refractivity contribution in [2.75, 3.05) is 29.9 Å². The minimum Gasteiger partial charge on any atom is -0.371 e. The molecule has 2 aliphatic rings. The molecule has 128 valence electrons. The number of rotatable bonds is 4. The Morgan fingerprint density at radius 3 is 2.88 bits per heavy atom. The molecule has 2 heterocycles. The van der Waals surface area contributed by atoms with Gasteiger partial charge in [-0.3, -0.25) is 9.59 Å². The van der Waals surface area contributed by atoms with Crippen LogP contribution in [0.4, 0.5) is 11.4 Å². The fourth-order valence-electron chi connectivity index (χ4n) is 3.57. The van der Waals surface area contributed by atoms with Crippen molar-refractivity contribution in [1.82, 2.24) is 5.32 Å². The lowest BCUT2D eigenvalue weighted by Crippen LogP contribution is -2.31. The van der Waals surface area contributed by atoms with E-state index < -0.39 is 0 Å². The molecule has 5 heteroatoms. The highest BCUT2D eigenvalue weighted by atomic mass is 16.2. The van der Waals surface area contributed by atoms with Crippen LogP contribution in [0.5, 0.6) is 0 Å². The Morgan fingerprint density at radius 2 is 2.04 bits per heavy atom. The van der Waals surface area contributed by atoms with Crippen molar-refractivity contribution in [2.45, 2.75) is 12.8 Å². The summed E-state index contributed by atoms with van der Waals surface area (Å²) in [6.07, 6.45) is 1.48. The topological polar surface area (TPSA) is 61.4 Å². The Morgan fingerprint density at radius 1 is 1.20 bits per heavy atom. The minimum atomic E-state index is -0.0814. The second-order valence-corrected chi connectivity index (χ2v) is 6.74. The van der Waals surface area contributed by atoms with Crippen LogP contribution < -0.4 is 15.5 Å². The largest absolute Gasteiger partial charge is 0.371 e. The number of fused-ring (bicyclic) bond motifs is 1. The van der Waals surface area contributed by atoms with Crippen molar-refractivity contribution in [3.05, 3.63) is 59.7 Å². The number of carbonyl (C=O) groups excluding carboxylic acids is 2. The summed E-state index contributed by atoms with van der Waals surface area (Å²) in [5.41, 5.74) is 3.55. The summed E-state index contributed by atoms with van der Waals surface area (Å²) < 4.78 is 0. The summed E-state index contributed by atoms with van der Waals surface area (Å²) in [6.45, 7) is 2.66. The van der Waals surface area contributed by atoms with E-state index in [0.717, 1.165) is 30.8 Å². The average molecular weight is 335 g/mol. The fourth-order valence-corrected chi connectivity index (χ4v) is 3.57. The number of nitrogens with zero attached hydrogens (tertiary/aromatic N) is 1. The second-order valence-electron chi connectivity index (χ2n) is 6.74. The molecule has 2 amide bonds. The van der Waals surface area contributed by atoms with Crippen molar-refractivity contribution in [2.24, 2.45) is 5.92 Å². The molecule has 2 aliphatic heterocycles. The summed E-state index contributed by atoms with van der Waals surface area (Å²) in [4.78, 5) is 26.2. The van der Waals surface area contributed by atoms with Crippen molar-refractivity contribution >= 4 is 23.2 Å². The van der Waals surface area contributed by atoms with Crippen LogP contribution in [-0.4, -0.2) is 31.4 Å². The van der Waals surface area contributed by atoms with E-state index in [0.29, 0.717) is 24.4 Å². The SMILES string of the molecule is O=C1Cc2ccc(C(=O)NCC3CCN(c4ccccc4)C3)cc2N1. The van der Waals surface area contributed by atoms with E-state index in [1.165, 1.54) is 5.69 Å². The molecule has 0 saturated carbocycles. The molecule has 0 aromatic heterocycles. The molecule has 5 nitrogen and oxygen atoms in total. The molecule has 0 aliphatic carbocycles. The van der Waals surface area contributed by atoms with Crippen LogP contribution in [0, 0.1) is 5.92 Å². The summed E-state index contributed by atoms with van der Waals surface area (Å²) in [5, 5.41) is 5.83. The molecule has 0 radical (unpaired) electrons. The number of para-hydroxylation sites is 1. The number of nitrogens with one attached hydrogen (secondary N) is 2. The first-order chi connectivity index (χ1) is 12.2. The molecule has 2 aromatic carbocycles. The lowest BCUT2D eigenvalue weighted by atomic mass is 10.1. The van der Waals surface area contributed by atoms with Gasteiger partial charge in [0.15, 0.2) is 0 Å². The molecule has 1 atom stereocenters. The van der Waals surface area contributed by atoms with E-state index in [1.54, 1.807) is 12.1 Å². The first kappa shape index (κ1) is 15.7. The first-order valence-electron chi connectivity index (χ1n) is 8.70. The first-order valence-corrected chi connectivity index (χ1v) is 8.70. The molecule has 1 unspecified atom stereocenters. The van der Waals surface area contributed by atoms with Gasteiger partial charge in [0.05, 0.1) is 6.42 Å². The van der Waals surface area contributed by atoms with E-state index in [2.05, 4.69) is 39.8 Å². The molecule has 25 heavy (non-hydrogen) atoms. The van der Waals surface area contributed by atoms with Crippen LogP contribution in [0.3, 0.4) is 0 Å². The van der Waals surface area contributed by atoms with Gasteiger partial charge in [0.25, 0.3) is 5.91 Å². The van der Waals surface area contributed by atoms with Gasteiger partial charge in [-0.25, -0.2) is 0 Å². The van der Waals surface area contributed by atoms with Crippen molar-refractivity contribution in [3.8, 4) is 0 Å². The van der Waals surface area contributed by atoms with E-state index in [1.807, 2.05) is 12.1 Å². The Labute approximate surface area is 147 Å². The summed E-state index contributed by atoms with van der Waals surface area (Å²) in [5.74, 6) is 0.361. The molecule has 2 N–H and O–H groups in total. The standard InChI is InChI=1S/C20H21N3O2/c24-19-11-15-6-7-16(10-18(15)22-19)20(25)21-12-14-8-9-23(13-14)17-4-2-1-3-5-17/h1-7,10,14H,8-9,11-13H2,(H,21,25)(H,22,24). The van der Waals surface area contributed by atoms with E-state index in [4.69, 9.17) is 0 Å².